The van der Waals surface area contributed by atoms with Crippen LogP contribution in [0.15, 0.2) is 9.95 Å². The van der Waals surface area contributed by atoms with Gasteiger partial charge in [-0.05, 0) is 25.1 Å². The van der Waals surface area contributed by atoms with Crippen LogP contribution in [0.3, 0.4) is 0 Å². The van der Waals surface area contributed by atoms with E-state index < -0.39 is 0 Å². The van der Waals surface area contributed by atoms with Gasteiger partial charge in [-0.2, -0.15) is 0 Å². The first-order chi connectivity index (χ1) is 7.19. The molecule has 0 saturated carbocycles. The van der Waals surface area contributed by atoms with Gasteiger partial charge in [0.2, 0.25) is 0 Å². The lowest BCUT2D eigenvalue weighted by atomic mass is 10.2. The van der Waals surface area contributed by atoms with Gasteiger partial charge in [-0.25, -0.2) is 14.3 Å². The van der Waals surface area contributed by atoms with Gasteiger partial charge in [-0.1, -0.05) is 29.5 Å². The molecule has 0 bridgehead atoms. The summed E-state index contributed by atoms with van der Waals surface area (Å²) in [5.74, 6) is 1.08. The molecule has 0 aromatic carbocycles. The molecule has 5 heteroatoms. The molecule has 1 N–H and O–H groups in total. The first-order valence-electron chi connectivity index (χ1n) is 5.05. The minimum Gasteiger partial charge on any atom is -0.241 e. The van der Waals surface area contributed by atoms with Crippen molar-refractivity contribution in [3.05, 3.63) is 21.6 Å². The van der Waals surface area contributed by atoms with E-state index in [1.165, 1.54) is 0 Å². The van der Waals surface area contributed by atoms with E-state index in [4.69, 9.17) is 0 Å². The van der Waals surface area contributed by atoms with Crippen molar-refractivity contribution in [2.24, 2.45) is 0 Å². The topological polar surface area (TPSA) is 36.7 Å². The molecule has 0 saturated heterocycles. The molecule has 1 aromatic rings. The molecule has 1 aromatic heterocycles. The number of hydrogen-bond donors (Lipinski definition) is 1. The van der Waals surface area contributed by atoms with Crippen LogP contribution in [0.5, 0.6) is 0 Å². The van der Waals surface area contributed by atoms with Crippen LogP contribution in [0, 0.1) is 6.92 Å². The first kappa shape index (κ1) is 11.4. The molecule has 0 fully saturated rings. The average Bonchev–Trinajstić information content (AvgIpc) is 2.61. The Balaban J connectivity index is 2.64. The van der Waals surface area contributed by atoms with E-state index in [1.807, 2.05) is 6.92 Å². The highest BCUT2D eigenvalue weighted by Crippen LogP contribution is 2.25. The third-order valence-electron chi connectivity index (χ3n) is 2.82. The van der Waals surface area contributed by atoms with Gasteiger partial charge in [0.15, 0.2) is 0 Å². The molecule has 0 radical (unpaired) electrons. The van der Waals surface area contributed by atoms with E-state index in [9.17, 15) is 4.79 Å². The van der Waals surface area contributed by atoms with Crippen molar-refractivity contribution in [1.29, 1.82) is 0 Å². The van der Waals surface area contributed by atoms with Crippen LogP contribution < -0.4 is 10.1 Å². The molecule has 2 rings (SSSR count). The highest BCUT2D eigenvalue weighted by atomic mass is 127. The third kappa shape index (κ3) is 1.84. The SMILES string of the molecule is CCc1c(C)[n+]2c([nH]c1=O)SCC2CI. The number of thioether (sulfide) groups is 1. The zero-order valence-electron chi connectivity index (χ0n) is 8.84. The van der Waals surface area contributed by atoms with Crippen molar-refractivity contribution < 1.29 is 4.57 Å². The summed E-state index contributed by atoms with van der Waals surface area (Å²) in [5.41, 5.74) is 2.15. The Labute approximate surface area is 107 Å². The zero-order valence-corrected chi connectivity index (χ0v) is 11.8. The molecule has 0 amide bonds. The predicted molar refractivity (Wildman–Crippen MR) is 70.0 cm³/mol. The van der Waals surface area contributed by atoms with Crippen LogP contribution in [-0.2, 0) is 6.42 Å². The number of rotatable bonds is 2. The van der Waals surface area contributed by atoms with Crippen LogP contribution in [0.1, 0.15) is 24.2 Å². The molecule has 0 aliphatic carbocycles. The van der Waals surface area contributed by atoms with Crippen LogP contribution in [-0.4, -0.2) is 15.2 Å². The largest absolute Gasteiger partial charge is 0.339 e. The fraction of sp³-hybridized carbons (Fsp3) is 0.600. The van der Waals surface area contributed by atoms with E-state index in [1.54, 1.807) is 11.8 Å². The van der Waals surface area contributed by atoms with Gasteiger partial charge in [0, 0.05) is 10.2 Å². The molecule has 2 heterocycles. The molecule has 1 atom stereocenters. The summed E-state index contributed by atoms with van der Waals surface area (Å²) in [6.07, 6.45) is 0.806. The standard InChI is InChI=1S/C10H13IN2OS/c1-3-8-6(2)13-7(4-11)5-15-10(13)12-9(8)14/h7H,3-5H2,1-2H3/p+1. The van der Waals surface area contributed by atoms with Crippen LogP contribution in [0.4, 0.5) is 0 Å². The molecule has 15 heavy (non-hydrogen) atoms. The number of aromatic nitrogens is 2. The Morgan fingerprint density at radius 2 is 2.40 bits per heavy atom. The number of hydrogen-bond acceptors (Lipinski definition) is 2. The maximum absolute atomic E-state index is 11.7. The second-order valence-corrected chi connectivity index (χ2v) is 5.56. The van der Waals surface area contributed by atoms with E-state index in [0.717, 1.165) is 33.0 Å². The zero-order chi connectivity index (χ0) is 11.0. The molecule has 3 nitrogen and oxygen atoms in total. The maximum atomic E-state index is 11.7. The van der Waals surface area contributed by atoms with Gasteiger partial charge < -0.3 is 0 Å². The smallest absolute Gasteiger partial charge is 0.241 e. The van der Waals surface area contributed by atoms with E-state index in [2.05, 4.69) is 39.1 Å². The highest BCUT2D eigenvalue weighted by Gasteiger charge is 2.32. The lowest BCUT2D eigenvalue weighted by molar-refractivity contribution is -0.752. The molecule has 1 aliphatic rings. The summed E-state index contributed by atoms with van der Waals surface area (Å²) in [6.45, 7) is 4.09. The molecule has 1 aliphatic heterocycles. The van der Waals surface area contributed by atoms with Gasteiger partial charge in [0.05, 0.1) is 5.56 Å². The Kier molecular flexibility index (Phi) is 3.39. The Morgan fingerprint density at radius 3 is 3.00 bits per heavy atom. The van der Waals surface area contributed by atoms with Crippen molar-refractivity contribution in [2.45, 2.75) is 31.5 Å². The summed E-state index contributed by atoms with van der Waals surface area (Å²) in [6, 6.07) is 0.535. The van der Waals surface area contributed by atoms with E-state index in [-0.39, 0.29) is 5.56 Å². The summed E-state index contributed by atoms with van der Waals surface area (Å²) in [5, 5.41) is 1.02. The number of alkyl halides is 1. The lowest BCUT2D eigenvalue weighted by Gasteiger charge is -2.09. The summed E-state index contributed by atoms with van der Waals surface area (Å²) >= 11 is 4.16. The third-order valence-corrected chi connectivity index (χ3v) is 4.96. The summed E-state index contributed by atoms with van der Waals surface area (Å²) in [7, 11) is 0. The van der Waals surface area contributed by atoms with Crippen LogP contribution in [0.2, 0.25) is 0 Å². The van der Waals surface area contributed by atoms with Gasteiger partial charge in [0.25, 0.3) is 0 Å². The Hall–Kier alpha value is -0.0400. The second kappa shape index (κ2) is 4.45. The Morgan fingerprint density at radius 1 is 1.67 bits per heavy atom. The quantitative estimate of drug-likeness (QED) is 0.385. The van der Waals surface area contributed by atoms with Crippen molar-refractivity contribution in [3.63, 3.8) is 0 Å². The number of nitrogens with one attached hydrogen (secondary N) is 1. The van der Waals surface area contributed by atoms with E-state index in [0.29, 0.717) is 6.04 Å². The molecular formula is C10H14IN2OS+. The normalized spacial score (nSPS) is 19.3. The van der Waals surface area contributed by atoms with Gasteiger partial charge in [-0.3, -0.25) is 0 Å². The van der Waals surface area contributed by atoms with Gasteiger partial charge >= 0.3 is 10.7 Å². The number of H-pyrrole nitrogens is 1. The van der Waals surface area contributed by atoms with Crippen LogP contribution >= 0.6 is 34.4 Å². The van der Waals surface area contributed by atoms with Gasteiger partial charge in [-0.15, -0.1) is 0 Å². The highest BCUT2D eigenvalue weighted by molar-refractivity contribution is 14.1. The number of fused-ring (bicyclic) bond motifs is 1. The number of aromatic amines is 1. The van der Waals surface area contributed by atoms with Crippen molar-refractivity contribution in [3.8, 4) is 0 Å². The predicted octanol–water partition coefficient (Wildman–Crippen LogP) is 1.62. The summed E-state index contributed by atoms with van der Waals surface area (Å²) < 4.78 is 3.38. The van der Waals surface area contributed by atoms with Crippen molar-refractivity contribution in [1.82, 2.24) is 4.98 Å². The average molecular weight is 337 g/mol. The fourth-order valence-corrected chi connectivity index (χ4v) is 4.35. The monoisotopic (exact) mass is 337 g/mol. The summed E-state index contributed by atoms with van der Waals surface area (Å²) in [4.78, 5) is 14.7. The minimum absolute atomic E-state index is 0.0860. The first-order valence-corrected chi connectivity index (χ1v) is 7.56. The lowest BCUT2D eigenvalue weighted by Crippen LogP contribution is -2.46. The minimum atomic E-state index is 0.0860. The van der Waals surface area contributed by atoms with Crippen molar-refractivity contribution in [2.75, 3.05) is 10.2 Å². The van der Waals surface area contributed by atoms with Crippen molar-refractivity contribution >= 4 is 34.4 Å². The van der Waals surface area contributed by atoms with Gasteiger partial charge in [0.1, 0.15) is 11.7 Å². The van der Waals surface area contributed by atoms with Crippen LogP contribution in [0.25, 0.3) is 0 Å². The second-order valence-electron chi connectivity index (χ2n) is 3.67. The molecule has 0 spiro atoms. The molecular weight excluding hydrogens is 323 g/mol. The van der Waals surface area contributed by atoms with E-state index >= 15 is 0 Å². The molecule has 82 valence electrons. The molecule has 1 unspecified atom stereocenters. The fourth-order valence-electron chi connectivity index (χ4n) is 2.02. The number of halogens is 1. The Bertz CT molecular complexity index is 444. The number of nitrogens with zero attached hydrogens (tertiary/aromatic N) is 1. The maximum Gasteiger partial charge on any atom is 0.339 e.